The van der Waals surface area contributed by atoms with Gasteiger partial charge < -0.3 is 4.74 Å². The van der Waals surface area contributed by atoms with Crippen molar-refractivity contribution in [2.75, 3.05) is 7.11 Å². The van der Waals surface area contributed by atoms with Gasteiger partial charge in [0.05, 0.1) is 19.3 Å². The largest absolute Gasteiger partial charge is 0.464 e. The molecule has 0 aliphatic carbocycles. The monoisotopic (exact) mass is 371 g/mol. The fourth-order valence-corrected chi connectivity index (χ4v) is 2.74. The SMILES string of the molecule is CCCc1c(C(=O)OC)nnn1Cc1ccc(Br)cc1Cl. The number of halogens is 2. The summed E-state index contributed by atoms with van der Waals surface area (Å²) in [4.78, 5) is 11.7. The van der Waals surface area contributed by atoms with Gasteiger partial charge in [-0.15, -0.1) is 5.10 Å². The van der Waals surface area contributed by atoms with Crippen molar-refractivity contribution < 1.29 is 9.53 Å². The molecule has 0 fully saturated rings. The van der Waals surface area contributed by atoms with Crippen LogP contribution in [0.2, 0.25) is 5.02 Å². The lowest BCUT2D eigenvalue weighted by molar-refractivity contribution is 0.0592. The van der Waals surface area contributed by atoms with E-state index in [9.17, 15) is 4.79 Å². The highest BCUT2D eigenvalue weighted by Gasteiger charge is 2.20. The maximum absolute atomic E-state index is 11.7. The molecule has 0 aliphatic heterocycles. The van der Waals surface area contributed by atoms with Gasteiger partial charge in [-0.05, 0) is 24.1 Å². The number of ether oxygens (including phenoxy) is 1. The molecule has 112 valence electrons. The number of benzene rings is 1. The van der Waals surface area contributed by atoms with Crippen LogP contribution in [-0.2, 0) is 17.7 Å². The predicted molar refractivity (Wildman–Crippen MR) is 83.6 cm³/mol. The average Bonchev–Trinajstić information content (AvgIpc) is 2.84. The van der Waals surface area contributed by atoms with Crippen LogP contribution in [0.25, 0.3) is 0 Å². The number of esters is 1. The summed E-state index contributed by atoms with van der Waals surface area (Å²) in [5, 5.41) is 8.63. The van der Waals surface area contributed by atoms with Crippen LogP contribution in [0.4, 0.5) is 0 Å². The van der Waals surface area contributed by atoms with Gasteiger partial charge in [0.25, 0.3) is 0 Å². The fraction of sp³-hybridized carbons (Fsp3) is 0.357. The molecule has 2 rings (SSSR count). The molecule has 1 aromatic carbocycles. The van der Waals surface area contributed by atoms with E-state index in [0.717, 1.165) is 22.2 Å². The topological polar surface area (TPSA) is 57.0 Å². The lowest BCUT2D eigenvalue weighted by Crippen LogP contribution is -2.10. The summed E-state index contributed by atoms with van der Waals surface area (Å²) in [6.45, 7) is 2.50. The van der Waals surface area contributed by atoms with E-state index in [0.29, 0.717) is 18.0 Å². The molecular weight excluding hydrogens is 358 g/mol. The molecular formula is C14H15BrClN3O2. The van der Waals surface area contributed by atoms with Crippen molar-refractivity contribution in [1.29, 1.82) is 0 Å². The second-order valence-corrected chi connectivity index (χ2v) is 5.84. The van der Waals surface area contributed by atoms with E-state index in [4.69, 9.17) is 16.3 Å². The van der Waals surface area contributed by atoms with Crippen LogP contribution in [0, 0.1) is 0 Å². The smallest absolute Gasteiger partial charge is 0.360 e. The van der Waals surface area contributed by atoms with Gasteiger partial charge in [-0.3, -0.25) is 0 Å². The van der Waals surface area contributed by atoms with Crippen LogP contribution in [0.15, 0.2) is 22.7 Å². The lowest BCUT2D eigenvalue weighted by Gasteiger charge is -2.08. The van der Waals surface area contributed by atoms with Crippen LogP contribution in [0.5, 0.6) is 0 Å². The summed E-state index contributed by atoms with van der Waals surface area (Å²) < 4.78 is 7.35. The Morgan fingerprint density at radius 1 is 1.48 bits per heavy atom. The summed E-state index contributed by atoms with van der Waals surface area (Å²) >= 11 is 9.60. The number of carbonyl (C=O) groups excluding carboxylic acids is 1. The zero-order chi connectivity index (χ0) is 15.4. The minimum atomic E-state index is -0.466. The maximum atomic E-state index is 11.7. The Hall–Kier alpha value is -1.40. The van der Waals surface area contributed by atoms with Gasteiger partial charge in [-0.1, -0.05) is 52.2 Å². The van der Waals surface area contributed by atoms with Crippen LogP contribution in [0.3, 0.4) is 0 Å². The summed E-state index contributed by atoms with van der Waals surface area (Å²) in [7, 11) is 1.34. The van der Waals surface area contributed by atoms with E-state index in [2.05, 4.69) is 26.2 Å². The van der Waals surface area contributed by atoms with Gasteiger partial charge in [0.1, 0.15) is 0 Å². The summed E-state index contributed by atoms with van der Waals surface area (Å²) in [5.74, 6) is -0.466. The maximum Gasteiger partial charge on any atom is 0.360 e. The van der Waals surface area contributed by atoms with E-state index >= 15 is 0 Å². The van der Waals surface area contributed by atoms with E-state index in [1.807, 2.05) is 25.1 Å². The quantitative estimate of drug-likeness (QED) is 0.754. The highest BCUT2D eigenvalue weighted by atomic mass is 79.9. The third-order valence-corrected chi connectivity index (χ3v) is 3.88. The van der Waals surface area contributed by atoms with Gasteiger partial charge in [-0.2, -0.15) is 0 Å². The minimum Gasteiger partial charge on any atom is -0.464 e. The van der Waals surface area contributed by atoms with Gasteiger partial charge >= 0.3 is 5.97 Å². The van der Waals surface area contributed by atoms with E-state index < -0.39 is 5.97 Å². The summed E-state index contributed by atoms with van der Waals surface area (Å²) in [6, 6.07) is 5.66. The van der Waals surface area contributed by atoms with Crippen molar-refractivity contribution in [3.8, 4) is 0 Å². The molecule has 7 heteroatoms. The normalized spacial score (nSPS) is 10.7. The number of carbonyl (C=O) groups is 1. The van der Waals surface area contributed by atoms with E-state index in [1.54, 1.807) is 4.68 Å². The predicted octanol–water partition coefficient (Wildman–Crippen LogP) is 3.48. The summed E-state index contributed by atoms with van der Waals surface area (Å²) in [6.07, 6.45) is 1.58. The van der Waals surface area contributed by atoms with Crippen LogP contribution >= 0.6 is 27.5 Å². The third-order valence-electron chi connectivity index (χ3n) is 3.04. The molecule has 0 unspecified atom stereocenters. The number of aromatic nitrogens is 3. The highest BCUT2D eigenvalue weighted by Crippen LogP contribution is 2.23. The molecule has 0 N–H and O–H groups in total. The first-order valence-electron chi connectivity index (χ1n) is 6.51. The number of rotatable bonds is 5. The van der Waals surface area contributed by atoms with Crippen molar-refractivity contribution >= 4 is 33.5 Å². The molecule has 0 atom stereocenters. The van der Waals surface area contributed by atoms with Crippen molar-refractivity contribution in [2.45, 2.75) is 26.3 Å². The van der Waals surface area contributed by atoms with Crippen LogP contribution in [-0.4, -0.2) is 28.1 Å². The Morgan fingerprint density at radius 2 is 2.24 bits per heavy atom. The molecule has 5 nitrogen and oxygen atoms in total. The fourth-order valence-electron chi connectivity index (χ4n) is 2.01. The van der Waals surface area contributed by atoms with Gasteiger partial charge in [0, 0.05) is 9.50 Å². The van der Waals surface area contributed by atoms with E-state index in [-0.39, 0.29) is 5.69 Å². The van der Waals surface area contributed by atoms with Crippen LogP contribution < -0.4 is 0 Å². The zero-order valence-corrected chi connectivity index (χ0v) is 14.1. The van der Waals surface area contributed by atoms with Gasteiger partial charge in [0.2, 0.25) is 0 Å². The van der Waals surface area contributed by atoms with Crippen molar-refractivity contribution in [3.05, 3.63) is 44.6 Å². The molecule has 0 spiro atoms. The number of nitrogens with zero attached hydrogens (tertiary/aromatic N) is 3. The van der Waals surface area contributed by atoms with Crippen molar-refractivity contribution in [3.63, 3.8) is 0 Å². The van der Waals surface area contributed by atoms with E-state index in [1.165, 1.54) is 7.11 Å². The standard InChI is InChI=1S/C14H15BrClN3O2/c1-3-4-12-13(14(20)21-2)17-18-19(12)8-9-5-6-10(15)7-11(9)16/h5-7H,3-4,8H2,1-2H3. The molecule has 0 saturated heterocycles. The molecule has 1 heterocycles. The Morgan fingerprint density at radius 3 is 2.86 bits per heavy atom. The number of hydrogen-bond acceptors (Lipinski definition) is 4. The number of hydrogen-bond donors (Lipinski definition) is 0. The molecule has 1 aromatic heterocycles. The Bertz CT molecular complexity index is 658. The molecule has 0 saturated carbocycles. The second-order valence-electron chi connectivity index (χ2n) is 4.52. The molecule has 21 heavy (non-hydrogen) atoms. The van der Waals surface area contributed by atoms with Gasteiger partial charge in [0.15, 0.2) is 5.69 Å². The Balaban J connectivity index is 2.35. The lowest BCUT2D eigenvalue weighted by atomic mass is 10.2. The second kappa shape index (κ2) is 7.04. The first-order chi connectivity index (χ1) is 10.1. The average molecular weight is 373 g/mol. The Kier molecular flexibility index (Phi) is 5.36. The molecule has 0 aliphatic rings. The molecule has 0 bridgehead atoms. The third kappa shape index (κ3) is 3.63. The Labute approximate surface area is 136 Å². The van der Waals surface area contributed by atoms with Gasteiger partial charge in [-0.25, -0.2) is 9.48 Å². The molecule has 0 radical (unpaired) electrons. The minimum absolute atomic E-state index is 0.271. The summed E-state index contributed by atoms with van der Waals surface area (Å²) in [5.41, 5.74) is 1.95. The molecule has 2 aromatic rings. The highest BCUT2D eigenvalue weighted by molar-refractivity contribution is 9.10. The molecule has 0 amide bonds. The van der Waals surface area contributed by atoms with Crippen molar-refractivity contribution in [2.24, 2.45) is 0 Å². The number of methoxy groups -OCH3 is 1. The zero-order valence-electron chi connectivity index (χ0n) is 11.8. The first kappa shape index (κ1) is 16.0. The first-order valence-corrected chi connectivity index (χ1v) is 7.68. The van der Waals surface area contributed by atoms with Crippen molar-refractivity contribution in [1.82, 2.24) is 15.0 Å². The van der Waals surface area contributed by atoms with Crippen LogP contribution in [0.1, 0.15) is 35.1 Å².